The summed E-state index contributed by atoms with van der Waals surface area (Å²) in [5, 5.41) is 16.0. The number of allylic oxidation sites excluding steroid dienone is 6. The SMILES string of the molecule is C[C@@]1(c2cccc(-n3c4ccccc4c4c5c(ccc43)C3=C(CCCC3)[Si]5(C)C)c2)C=CC=C(c2ncccc2C#N)C1. The van der Waals surface area contributed by atoms with Gasteiger partial charge in [-0.3, -0.25) is 4.98 Å². The Hall–Kier alpha value is -4.46. The topological polar surface area (TPSA) is 41.6 Å². The molecular formula is C39H35N3Si. The van der Waals surface area contributed by atoms with E-state index in [9.17, 15) is 5.26 Å². The standard InChI is InChI=1S/C39H35N3Si/c1-39(21-9-11-26(24-39)37-27(25-40)12-10-22-41-37)28-13-8-14-29(23-28)42-33-17-6-4-16-32(33)36-34(42)20-19-31-30-15-5-7-18-35(30)43(2,3)38(31)36/h4,6,8-14,16-17,19-23H,5,7,15,18,24H2,1-3H3/t39-/m1/s1. The largest absolute Gasteiger partial charge is 0.309 e. The summed E-state index contributed by atoms with van der Waals surface area (Å²) in [7, 11) is -1.77. The van der Waals surface area contributed by atoms with Gasteiger partial charge in [0.25, 0.3) is 0 Å². The number of hydrogen-bond acceptors (Lipinski definition) is 2. The number of para-hydroxylation sites is 1. The molecule has 0 amide bonds. The van der Waals surface area contributed by atoms with E-state index in [1.807, 2.05) is 12.1 Å². The Bertz CT molecular complexity index is 2120. The number of pyridine rings is 1. The summed E-state index contributed by atoms with van der Waals surface area (Å²) in [6, 6.07) is 29.0. The molecule has 5 aromatic rings. The van der Waals surface area contributed by atoms with E-state index < -0.39 is 8.07 Å². The molecule has 0 saturated heterocycles. The van der Waals surface area contributed by atoms with Crippen LogP contribution in [-0.2, 0) is 5.41 Å². The molecule has 3 nitrogen and oxygen atoms in total. The van der Waals surface area contributed by atoms with Crippen molar-refractivity contribution in [3.8, 4) is 11.8 Å². The molecule has 43 heavy (non-hydrogen) atoms. The van der Waals surface area contributed by atoms with Crippen LogP contribution in [0.4, 0.5) is 0 Å². The summed E-state index contributed by atoms with van der Waals surface area (Å²) in [5.41, 5.74) is 10.6. The van der Waals surface area contributed by atoms with Gasteiger partial charge in [-0.05, 0) is 96.0 Å². The summed E-state index contributed by atoms with van der Waals surface area (Å²) in [5.74, 6) is 0. The lowest BCUT2D eigenvalue weighted by Gasteiger charge is -2.31. The number of rotatable bonds is 3. The predicted octanol–water partition coefficient (Wildman–Crippen LogP) is 9.15. The van der Waals surface area contributed by atoms with Gasteiger partial charge in [-0.25, -0.2) is 0 Å². The lowest BCUT2D eigenvalue weighted by Crippen LogP contribution is -2.42. The third kappa shape index (κ3) is 3.81. The van der Waals surface area contributed by atoms with E-state index in [2.05, 4.69) is 115 Å². The zero-order chi connectivity index (χ0) is 29.3. The highest BCUT2D eigenvalue weighted by molar-refractivity contribution is 7.00. The number of hydrogen-bond donors (Lipinski definition) is 0. The molecule has 0 bridgehead atoms. The Kier molecular flexibility index (Phi) is 5.80. The average molecular weight is 574 g/mol. The van der Waals surface area contributed by atoms with Gasteiger partial charge in [0.15, 0.2) is 0 Å². The zero-order valence-electron chi connectivity index (χ0n) is 25.1. The van der Waals surface area contributed by atoms with Crippen LogP contribution in [0.3, 0.4) is 0 Å². The summed E-state index contributed by atoms with van der Waals surface area (Å²) in [4.78, 5) is 4.60. The van der Waals surface area contributed by atoms with Crippen molar-refractivity contribution in [3.05, 3.63) is 125 Å². The molecule has 1 aliphatic heterocycles. The molecule has 0 saturated carbocycles. The second-order valence-electron chi connectivity index (χ2n) is 13.2. The highest BCUT2D eigenvalue weighted by Gasteiger charge is 2.42. The van der Waals surface area contributed by atoms with E-state index in [1.165, 1.54) is 58.7 Å². The monoisotopic (exact) mass is 573 g/mol. The van der Waals surface area contributed by atoms with Gasteiger partial charge in [0.2, 0.25) is 0 Å². The normalized spacial score (nSPS) is 20.7. The maximum Gasteiger partial charge on any atom is 0.109 e. The molecule has 2 aliphatic carbocycles. The van der Waals surface area contributed by atoms with Crippen molar-refractivity contribution in [1.82, 2.24) is 9.55 Å². The highest BCUT2D eigenvalue weighted by Crippen LogP contribution is 2.46. The Morgan fingerprint density at radius 1 is 0.930 bits per heavy atom. The van der Waals surface area contributed by atoms with Crippen molar-refractivity contribution in [2.45, 2.75) is 57.5 Å². The molecule has 1 atom stereocenters. The van der Waals surface area contributed by atoms with Crippen molar-refractivity contribution in [2.75, 3.05) is 0 Å². The van der Waals surface area contributed by atoms with Gasteiger partial charge in [0.05, 0.1) is 22.3 Å². The molecular weight excluding hydrogens is 539 g/mol. The fourth-order valence-electron chi connectivity index (χ4n) is 8.29. The highest BCUT2D eigenvalue weighted by atomic mass is 28.3. The van der Waals surface area contributed by atoms with Gasteiger partial charge in [0.1, 0.15) is 14.1 Å². The van der Waals surface area contributed by atoms with E-state index >= 15 is 0 Å². The van der Waals surface area contributed by atoms with Crippen molar-refractivity contribution >= 4 is 46.2 Å². The van der Waals surface area contributed by atoms with Crippen LogP contribution in [0.2, 0.25) is 13.1 Å². The van der Waals surface area contributed by atoms with Crippen molar-refractivity contribution in [3.63, 3.8) is 0 Å². The Morgan fingerprint density at radius 2 is 1.79 bits per heavy atom. The van der Waals surface area contributed by atoms with Crippen LogP contribution < -0.4 is 5.19 Å². The Morgan fingerprint density at radius 3 is 2.67 bits per heavy atom. The second kappa shape index (κ2) is 9.52. The molecule has 0 unspecified atom stereocenters. The van der Waals surface area contributed by atoms with Crippen LogP contribution in [0.5, 0.6) is 0 Å². The first kappa shape index (κ1) is 26.2. The van der Waals surface area contributed by atoms with E-state index in [1.54, 1.807) is 27.7 Å². The number of benzene rings is 3. The van der Waals surface area contributed by atoms with E-state index in [4.69, 9.17) is 0 Å². The fraction of sp³-hybridized carbons (Fsp3) is 0.231. The molecule has 210 valence electrons. The maximum absolute atomic E-state index is 9.72. The third-order valence-electron chi connectivity index (χ3n) is 10.3. The Balaban J connectivity index is 1.28. The van der Waals surface area contributed by atoms with Crippen LogP contribution in [0.25, 0.3) is 38.6 Å². The first-order valence-corrected chi connectivity index (χ1v) is 18.5. The van der Waals surface area contributed by atoms with Gasteiger partial charge in [-0.2, -0.15) is 5.26 Å². The molecule has 0 N–H and O–H groups in total. The maximum atomic E-state index is 9.72. The molecule has 0 radical (unpaired) electrons. The first-order valence-electron chi connectivity index (χ1n) is 15.5. The van der Waals surface area contributed by atoms with Crippen molar-refractivity contribution < 1.29 is 0 Å². The van der Waals surface area contributed by atoms with Crippen LogP contribution in [-0.4, -0.2) is 17.6 Å². The van der Waals surface area contributed by atoms with Gasteiger partial charge in [-0.1, -0.05) is 79.8 Å². The summed E-state index contributed by atoms with van der Waals surface area (Å²) in [6.45, 7) is 7.48. The summed E-state index contributed by atoms with van der Waals surface area (Å²) >= 11 is 0. The minimum atomic E-state index is -1.77. The first-order chi connectivity index (χ1) is 20.9. The van der Waals surface area contributed by atoms with Gasteiger partial charge in [-0.15, -0.1) is 0 Å². The third-order valence-corrected chi connectivity index (χ3v) is 14.2. The van der Waals surface area contributed by atoms with Crippen LogP contribution in [0.1, 0.15) is 61.4 Å². The van der Waals surface area contributed by atoms with E-state index in [0.717, 1.165) is 17.7 Å². The summed E-state index contributed by atoms with van der Waals surface area (Å²) < 4.78 is 2.50. The lowest BCUT2D eigenvalue weighted by atomic mass is 9.73. The smallest absolute Gasteiger partial charge is 0.109 e. The van der Waals surface area contributed by atoms with Crippen molar-refractivity contribution in [1.29, 1.82) is 5.26 Å². The lowest BCUT2D eigenvalue weighted by molar-refractivity contribution is 0.607. The predicted molar refractivity (Wildman–Crippen MR) is 181 cm³/mol. The summed E-state index contributed by atoms with van der Waals surface area (Å²) in [6.07, 6.45) is 14.3. The number of nitriles is 1. The average Bonchev–Trinajstić information content (AvgIpc) is 3.50. The molecule has 3 heterocycles. The van der Waals surface area contributed by atoms with Crippen LogP contribution in [0.15, 0.2) is 102 Å². The van der Waals surface area contributed by atoms with Gasteiger partial charge >= 0.3 is 0 Å². The zero-order valence-corrected chi connectivity index (χ0v) is 26.1. The van der Waals surface area contributed by atoms with Crippen LogP contribution in [0, 0.1) is 11.3 Å². The quantitative estimate of drug-likeness (QED) is 0.202. The fourth-order valence-corrected chi connectivity index (χ4v) is 12.2. The second-order valence-corrected chi connectivity index (χ2v) is 17.6. The minimum Gasteiger partial charge on any atom is -0.309 e. The van der Waals surface area contributed by atoms with Gasteiger partial charge in [0, 0.05) is 28.1 Å². The molecule has 8 rings (SSSR count). The number of fused-ring (bicyclic) bond motifs is 6. The van der Waals surface area contributed by atoms with E-state index in [-0.39, 0.29) is 5.41 Å². The van der Waals surface area contributed by atoms with Crippen molar-refractivity contribution in [2.24, 2.45) is 0 Å². The molecule has 3 aromatic carbocycles. The molecule has 4 heteroatoms. The molecule has 3 aliphatic rings. The number of nitrogens with zero attached hydrogens (tertiary/aromatic N) is 3. The number of aromatic nitrogens is 2. The Labute approximate surface area is 254 Å². The molecule has 0 spiro atoms. The van der Waals surface area contributed by atoms with Gasteiger partial charge < -0.3 is 4.57 Å². The van der Waals surface area contributed by atoms with E-state index in [0.29, 0.717) is 5.56 Å². The van der Waals surface area contributed by atoms with Crippen LogP contribution >= 0.6 is 0 Å². The minimum absolute atomic E-state index is 0.220. The molecule has 0 fully saturated rings. The molecule has 2 aromatic heterocycles.